The van der Waals surface area contributed by atoms with Crippen LogP contribution in [0, 0.1) is 32.2 Å². The average Bonchev–Trinajstić information content (AvgIpc) is 3.74. The van der Waals surface area contributed by atoms with E-state index >= 15 is 0 Å². The molecule has 3 aromatic heterocycles. The first kappa shape index (κ1) is 32.8. The van der Waals surface area contributed by atoms with Gasteiger partial charge in [0.2, 0.25) is 0 Å². The predicted molar refractivity (Wildman–Crippen MR) is 204 cm³/mol. The second-order valence-electron chi connectivity index (χ2n) is 15.4. The smallest absolute Gasteiger partial charge is 0.146 e. The molecule has 0 atom stereocenters. The number of hydrogen-bond donors (Lipinski definition) is 2. The largest absolute Gasteiger partial charge is 0.355 e. The molecule has 0 saturated carbocycles. The van der Waals surface area contributed by atoms with Crippen molar-refractivity contribution in [2.24, 2.45) is 0 Å². The number of H-pyrrole nitrogens is 2. The molecule has 1 aromatic carbocycles. The summed E-state index contributed by atoms with van der Waals surface area (Å²) >= 11 is 0. The van der Waals surface area contributed by atoms with Crippen molar-refractivity contribution in [3.8, 4) is 22.6 Å². The zero-order valence-electron chi connectivity index (χ0n) is 30.1. The minimum atomic E-state index is -1.97. The van der Waals surface area contributed by atoms with Crippen LogP contribution in [-0.4, -0.2) is 28.0 Å². The number of aryl methyl sites for hydroxylation is 3. The molecule has 2 aliphatic rings. The van der Waals surface area contributed by atoms with Crippen molar-refractivity contribution in [1.82, 2.24) is 19.9 Å². The van der Waals surface area contributed by atoms with E-state index in [4.69, 9.17) is 9.97 Å². The topological polar surface area (TPSA) is 57.4 Å². The van der Waals surface area contributed by atoms with E-state index in [0.29, 0.717) is 16.6 Å². The zero-order chi connectivity index (χ0) is 33.8. The third-order valence-corrected chi connectivity index (χ3v) is 16.7. The Balaban J connectivity index is 1.75. The number of aromatic amines is 2. The highest BCUT2D eigenvalue weighted by atomic mass is 28.3. The van der Waals surface area contributed by atoms with Crippen molar-refractivity contribution < 1.29 is 0 Å². The maximum atomic E-state index is 5.43. The van der Waals surface area contributed by atoms with Crippen molar-refractivity contribution in [2.45, 2.75) is 105 Å². The van der Waals surface area contributed by atoms with Gasteiger partial charge in [0.15, 0.2) is 0 Å². The van der Waals surface area contributed by atoms with Gasteiger partial charge in [-0.25, -0.2) is 4.98 Å². The summed E-state index contributed by atoms with van der Waals surface area (Å²) in [5, 5.41) is 0. The molecule has 0 aliphatic carbocycles. The number of allylic oxidation sites excluding steroid dienone is 1. The molecule has 0 amide bonds. The van der Waals surface area contributed by atoms with Crippen LogP contribution in [0.4, 0.5) is 0 Å². The molecule has 0 fully saturated rings. The normalized spacial score (nSPS) is 14.5. The Morgan fingerprint density at radius 2 is 1.32 bits per heavy atom. The van der Waals surface area contributed by atoms with E-state index in [2.05, 4.69) is 158 Å². The van der Waals surface area contributed by atoms with E-state index in [0.717, 1.165) is 62.4 Å². The van der Waals surface area contributed by atoms with Crippen LogP contribution in [-0.2, 0) is 11.8 Å². The number of nitrogens with one attached hydrogen (secondary N) is 2. The number of benzene rings is 1. The highest BCUT2D eigenvalue weighted by Crippen LogP contribution is 2.42. The van der Waals surface area contributed by atoms with E-state index in [-0.39, 0.29) is 5.41 Å². The molecular formula is C42H50N4Si. The number of hydrogen-bond acceptors (Lipinski definition) is 2. The van der Waals surface area contributed by atoms with Gasteiger partial charge in [-0.2, -0.15) is 0 Å². The fourth-order valence-corrected chi connectivity index (χ4v) is 13.5. The van der Waals surface area contributed by atoms with Gasteiger partial charge in [0.25, 0.3) is 0 Å². The zero-order valence-corrected chi connectivity index (χ0v) is 31.1. The fraction of sp³-hybridized carbons (Fsp3) is 0.381. The van der Waals surface area contributed by atoms with E-state index in [9.17, 15) is 0 Å². The Hall–Kier alpha value is -4.14. The Labute approximate surface area is 282 Å². The van der Waals surface area contributed by atoms with Crippen LogP contribution in [0.2, 0.25) is 16.6 Å². The molecule has 5 heteroatoms. The van der Waals surface area contributed by atoms with Crippen LogP contribution in [0.3, 0.4) is 0 Å². The molecule has 0 radical (unpaired) electrons. The quantitative estimate of drug-likeness (QED) is 0.173. The van der Waals surface area contributed by atoms with Crippen LogP contribution >= 0.6 is 0 Å². The Morgan fingerprint density at radius 1 is 0.723 bits per heavy atom. The van der Waals surface area contributed by atoms with Crippen LogP contribution in [0.1, 0.15) is 94.9 Å². The Bertz CT molecular complexity index is 2080. The molecule has 0 unspecified atom stereocenters. The molecule has 242 valence electrons. The molecule has 2 N–H and O–H groups in total. The summed E-state index contributed by atoms with van der Waals surface area (Å²) in [5.41, 5.74) is 20.8. The predicted octanol–water partition coefficient (Wildman–Crippen LogP) is 11.2. The van der Waals surface area contributed by atoms with Crippen molar-refractivity contribution in [2.75, 3.05) is 0 Å². The molecule has 47 heavy (non-hydrogen) atoms. The SMILES string of the molecule is Cc1cc(C)c(-c2c3nc(cc4nc(cc5ccc(cc6ccc2[nH]6)[nH]5)C(C)(C)C4)C(C#C[Si](C(C)C)(C(C)C)C(C)C)=C3)c(C)c1. The maximum absolute atomic E-state index is 5.43. The molecule has 8 bridgehead atoms. The van der Waals surface area contributed by atoms with Crippen LogP contribution in [0.5, 0.6) is 0 Å². The second kappa shape index (κ2) is 12.1. The summed E-state index contributed by atoms with van der Waals surface area (Å²) in [5.74, 6) is 3.79. The van der Waals surface area contributed by atoms with Gasteiger partial charge in [0.1, 0.15) is 8.07 Å². The molecule has 4 nitrogen and oxygen atoms in total. The van der Waals surface area contributed by atoms with Crippen LogP contribution in [0.15, 0.2) is 54.6 Å². The van der Waals surface area contributed by atoms with E-state index in [1.807, 2.05) is 0 Å². The van der Waals surface area contributed by atoms with Gasteiger partial charge in [-0.15, -0.1) is 5.54 Å². The van der Waals surface area contributed by atoms with Crippen LogP contribution < -0.4 is 0 Å². The van der Waals surface area contributed by atoms with Gasteiger partial charge in [-0.05, 0) is 103 Å². The van der Waals surface area contributed by atoms with Crippen molar-refractivity contribution in [3.63, 3.8) is 0 Å². The van der Waals surface area contributed by atoms with Crippen molar-refractivity contribution >= 4 is 41.8 Å². The lowest BCUT2D eigenvalue weighted by molar-refractivity contribution is 0.543. The van der Waals surface area contributed by atoms with Crippen molar-refractivity contribution in [1.29, 1.82) is 0 Å². The van der Waals surface area contributed by atoms with Crippen molar-refractivity contribution in [3.05, 3.63) is 94.1 Å². The summed E-state index contributed by atoms with van der Waals surface area (Å²) in [6.45, 7) is 25.4. The summed E-state index contributed by atoms with van der Waals surface area (Å²) in [6.07, 6.45) is 3.09. The molecule has 0 saturated heterocycles. The monoisotopic (exact) mass is 638 g/mol. The third kappa shape index (κ3) is 6.05. The average molecular weight is 639 g/mol. The molecule has 6 rings (SSSR count). The van der Waals surface area contributed by atoms with Gasteiger partial charge in [0.05, 0.1) is 17.0 Å². The van der Waals surface area contributed by atoms with E-state index in [1.165, 1.54) is 22.3 Å². The van der Waals surface area contributed by atoms with Gasteiger partial charge in [-0.1, -0.05) is 79.0 Å². The highest BCUT2D eigenvalue weighted by Gasteiger charge is 2.42. The molecule has 4 aromatic rings. The molecular weight excluding hydrogens is 589 g/mol. The highest BCUT2D eigenvalue weighted by molar-refractivity contribution is 6.90. The number of aromatic nitrogens is 4. The second-order valence-corrected chi connectivity index (χ2v) is 21.0. The van der Waals surface area contributed by atoms with Gasteiger partial charge in [-0.3, -0.25) is 4.98 Å². The maximum Gasteiger partial charge on any atom is 0.146 e. The lowest BCUT2D eigenvalue weighted by atomic mass is 9.87. The summed E-state index contributed by atoms with van der Waals surface area (Å²) < 4.78 is 0. The first-order valence-corrected chi connectivity index (χ1v) is 19.4. The van der Waals surface area contributed by atoms with Gasteiger partial charge in [0, 0.05) is 50.9 Å². The minimum Gasteiger partial charge on any atom is -0.355 e. The number of nitrogens with zero attached hydrogens (tertiary/aromatic N) is 2. The minimum absolute atomic E-state index is 0.0909. The summed E-state index contributed by atoms with van der Waals surface area (Å²) in [7, 11) is -1.97. The Morgan fingerprint density at radius 3 is 1.96 bits per heavy atom. The standard InChI is InChI=1S/C42H50N4Si/c1-25(2)47(26(3)4,27(5)6)17-16-31-20-38-41(40-29(8)18-28(7)19-30(40)9)36-15-14-33(44-36)21-32-12-13-34(43-32)23-39-42(10,11)24-35(45-39)22-37(31)46-38/h12-15,18-23,25-27,43-44H,24H2,1-11H3. The summed E-state index contributed by atoms with van der Waals surface area (Å²) in [4.78, 5) is 18.0. The first-order chi connectivity index (χ1) is 22.2. The lowest BCUT2D eigenvalue weighted by Crippen LogP contribution is -2.43. The fourth-order valence-electron chi connectivity index (χ4n) is 8.27. The molecule has 0 spiro atoms. The third-order valence-electron chi connectivity index (χ3n) is 10.5. The molecule has 2 aliphatic heterocycles. The molecule has 5 heterocycles. The number of rotatable bonds is 4. The Kier molecular flexibility index (Phi) is 8.47. The first-order valence-electron chi connectivity index (χ1n) is 17.2. The lowest BCUT2D eigenvalue weighted by Gasteiger charge is -2.38. The number of fused-ring (bicyclic) bond motifs is 8. The van der Waals surface area contributed by atoms with E-state index in [1.54, 1.807) is 0 Å². The van der Waals surface area contributed by atoms with Crippen LogP contribution in [0.25, 0.3) is 44.8 Å². The van der Waals surface area contributed by atoms with E-state index < -0.39 is 8.07 Å². The van der Waals surface area contributed by atoms with Gasteiger partial charge >= 0.3 is 0 Å². The summed E-state index contributed by atoms with van der Waals surface area (Å²) in [6, 6.07) is 19.7. The van der Waals surface area contributed by atoms with Gasteiger partial charge < -0.3 is 9.97 Å².